The van der Waals surface area contributed by atoms with Crippen molar-refractivity contribution in [2.75, 3.05) is 19.8 Å². The minimum Gasteiger partial charge on any atom is -0.378 e. The van der Waals surface area contributed by atoms with Gasteiger partial charge in [0.25, 0.3) is 0 Å². The Morgan fingerprint density at radius 1 is 0.938 bits per heavy atom. The molecule has 0 aromatic heterocycles. The molecule has 0 unspecified atom stereocenters. The van der Waals surface area contributed by atoms with Gasteiger partial charge in [-0.05, 0) is 5.92 Å². The van der Waals surface area contributed by atoms with Gasteiger partial charge in [-0.15, -0.1) is 0 Å². The molecule has 0 saturated heterocycles. The Morgan fingerprint density at radius 2 is 1.56 bits per heavy atom. The van der Waals surface area contributed by atoms with Gasteiger partial charge in [0.05, 0.1) is 17.4 Å². The molecular weight excluding hydrogens is 224 g/mol. The van der Waals surface area contributed by atoms with Crippen LogP contribution < -0.4 is 0 Å². The number of hydrogen-bond donors (Lipinski definition) is 4. The number of ether oxygens (including phenoxy) is 1. The highest BCUT2D eigenvalue weighted by Gasteiger charge is 2.15. The van der Waals surface area contributed by atoms with Crippen LogP contribution in [0.3, 0.4) is 0 Å². The van der Waals surface area contributed by atoms with E-state index in [4.69, 9.17) is 25.6 Å². The molecule has 4 N–H and O–H groups in total. The van der Waals surface area contributed by atoms with E-state index in [0.717, 1.165) is 0 Å². The van der Waals surface area contributed by atoms with Crippen molar-refractivity contribution in [2.45, 2.75) is 20.0 Å². The van der Waals surface area contributed by atoms with Crippen molar-refractivity contribution in [1.29, 1.82) is 0 Å². The van der Waals surface area contributed by atoms with Crippen molar-refractivity contribution in [2.24, 2.45) is 5.92 Å². The predicted molar refractivity (Wildman–Crippen MR) is 47.3 cm³/mol. The smallest absolute Gasteiger partial charge is 0.133 e. The zero-order valence-electron chi connectivity index (χ0n) is 9.18. The predicted octanol–water partition coefficient (Wildman–Crippen LogP) is 0.0516. The fourth-order valence-electron chi connectivity index (χ4n) is 0.827. The van der Waals surface area contributed by atoms with Gasteiger partial charge in [-0.25, -0.2) is 9.68 Å². The third-order valence-corrected chi connectivity index (χ3v) is 1.37. The van der Waals surface area contributed by atoms with Crippen LogP contribution in [0.5, 0.6) is 0 Å². The summed E-state index contributed by atoms with van der Waals surface area (Å²) in [6.45, 7) is 4.02. The molecule has 0 bridgehead atoms. The lowest BCUT2D eigenvalue weighted by Crippen LogP contribution is -2.34. The van der Waals surface area contributed by atoms with E-state index in [2.05, 4.69) is 9.68 Å². The van der Waals surface area contributed by atoms with Crippen LogP contribution in [-0.4, -0.2) is 57.5 Å². The molecule has 9 nitrogen and oxygen atoms in total. The van der Waals surface area contributed by atoms with Gasteiger partial charge in [-0.1, -0.05) is 13.8 Å². The zero-order valence-corrected chi connectivity index (χ0v) is 9.18. The Labute approximate surface area is 92.7 Å². The highest BCUT2D eigenvalue weighted by Crippen LogP contribution is 2.00. The summed E-state index contributed by atoms with van der Waals surface area (Å²) in [5.74, 6) is 0.313. The maximum atomic E-state index is 8.41. The zero-order chi connectivity index (χ0) is 12.6. The van der Waals surface area contributed by atoms with E-state index in [-0.39, 0.29) is 13.2 Å². The fourth-order valence-corrected chi connectivity index (χ4v) is 0.827. The largest absolute Gasteiger partial charge is 0.378 e. The molecule has 98 valence electrons. The van der Waals surface area contributed by atoms with Crippen LogP contribution in [0.2, 0.25) is 0 Å². The second kappa shape index (κ2) is 8.75. The monoisotopic (exact) mass is 242 g/mol. The molecule has 0 spiro atoms. The average Bonchev–Trinajstić information content (AvgIpc) is 2.12. The summed E-state index contributed by atoms with van der Waals surface area (Å²) in [5, 5.41) is 32.4. The first kappa shape index (κ1) is 15.6. The van der Waals surface area contributed by atoms with Crippen molar-refractivity contribution in [3.8, 4) is 0 Å². The van der Waals surface area contributed by atoms with Gasteiger partial charge in [-0.2, -0.15) is 0 Å². The summed E-state index contributed by atoms with van der Waals surface area (Å²) >= 11 is 0. The molecule has 0 aliphatic carbocycles. The van der Waals surface area contributed by atoms with Crippen LogP contribution in [0, 0.1) is 5.92 Å². The molecule has 0 heterocycles. The molecule has 0 aromatic carbocycles. The van der Waals surface area contributed by atoms with E-state index in [9.17, 15) is 0 Å². The maximum Gasteiger partial charge on any atom is 0.133 e. The molecule has 0 aromatic rings. The SMILES string of the molecule is CC(C)COC[C@@H](CON(O)O)ON(O)O. The van der Waals surface area contributed by atoms with Gasteiger partial charge in [-0.3, -0.25) is 20.8 Å². The fraction of sp³-hybridized carbons (Fsp3) is 1.00. The lowest BCUT2D eigenvalue weighted by molar-refractivity contribution is -0.528. The van der Waals surface area contributed by atoms with Gasteiger partial charge in [0.15, 0.2) is 0 Å². The molecule has 0 aliphatic heterocycles. The molecule has 1 atom stereocenters. The van der Waals surface area contributed by atoms with Gasteiger partial charge in [0.1, 0.15) is 12.7 Å². The third kappa shape index (κ3) is 10.2. The summed E-state index contributed by atoms with van der Waals surface area (Å²) < 4.78 is 5.15. The Kier molecular flexibility index (Phi) is 8.56. The Hall–Kier alpha value is -0.360. The third-order valence-electron chi connectivity index (χ3n) is 1.37. The average molecular weight is 242 g/mol. The van der Waals surface area contributed by atoms with Gasteiger partial charge >= 0.3 is 0 Å². The lowest BCUT2D eigenvalue weighted by atomic mass is 10.2. The van der Waals surface area contributed by atoms with Crippen molar-refractivity contribution in [3.05, 3.63) is 0 Å². The van der Waals surface area contributed by atoms with Crippen LogP contribution in [0.4, 0.5) is 0 Å². The van der Waals surface area contributed by atoms with Crippen molar-refractivity contribution in [1.82, 2.24) is 10.8 Å². The summed E-state index contributed by atoms with van der Waals surface area (Å²) in [6, 6.07) is 0. The number of hydrogen-bond acceptors (Lipinski definition) is 9. The Bertz CT molecular complexity index is 167. The molecular formula is C7H18N2O7. The number of rotatable bonds is 9. The quantitative estimate of drug-likeness (QED) is 0.416. The van der Waals surface area contributed by atoms with E-state index in [0.29, 0.717) is 12.5 Å². The van der Waals surface area contributed by atoms with E-state index in [1.165, 1.54) is 0 Å². The number of nitrogens with zero attached hydrogens (tertiary/aromatic N) is 2. The lowest BCUT2D eigenvalue weighted by Gasteiger charge is -2.19. The second-order valence-corrected chi connectivity index (χ2v) is 3.46. The van der Waals surface area contributed by atoms with Crippen LogP contribution >= 0.6 is 0 Å². The first-order chi connectivity index (χ1) is 7.41. The maximum absolute atomic E-state index is 8.41. The van der Waals surface area contributed by atoms with E-state index < -0.39 is 16.9 Å². The molecule has 0 rings (SSSR count). The summed E-state index contributed by atoms with van der Waals surface area (Å²) in [5.41, 5.74) is 0. The Morgan fingerprint density at radius 3 is 2.00 bits per heavy atom. The van der Waals surface area contributed by atoms with Crippen molar-refractivity contribution >= 4 is 0 Å². The summed E-state index contributed by atoms with van der Waals surface area (Å²) in [6.07, 6.45) is -0.893. The molecule has 0 amide bonds. The van der Waals surface area contributed by atoms with Crippen molar-refractivity contribution in [3.63, 3.8) is 0 Å². The first-order valence-electron chi connectivity index (χ1n) is 4.65. The van der Waals surface area contributed by atoms with E-state index in [1.807, 2.05) is 13.8 Å². The van der Waals surface area contributed by atoms with E-state index in [1.54, 1.807) is 0 Å². The summed E-state index contributed by atoms with van der Waals surface area (Å²) in [7, 11) is 0. The highest BCUT2D eigenvalue weighted by atomic mass is 17.1. The second-order valence-electron chi connectivity index (χ2n) is 3.46. The standard InChI is InChI=1S/C7H18N2O7/c1-6(2)3-14-4-7(16-9(12)13)5-15-8(10)11/h6-7,10-13H,3-5H2,1-2H3/t7-/m0/s1. The van der Waals surface area contributed by atoms with E-state index >= 15 is 0 Å². The van der Waals surface area contributed by atoms with Gasteiger partial charge in [0, 0.05) is 6.61 Å². The molecule has 0 fully saturated rings. The molecule has 0 saturated carbocycles. The minimum absolute atomic E-state index is 0.00361. The van der Waals surface area contributed by atoms with Crippen LogP contribution in [0.25, 0.3) is 0 Å². The van der Waals surface area contributed by atoms with Gasteiger partial charge in [0.2, 0.25) is 0 Å². The van der Waals surface area contributed by atoms with Crippen LogP contribution in [-0.2, 0) is 14.4 Å². The van der Waals surface area contributed by atoms with Gasteiger partial charge < -0.3 is 4.74 Å². The first-order valence-corrected chi connectivity index (χ1v) is 4.65. The molecule has 16 heavy (non-hydrogen) atoms. The normalized spacial score (nSPS) is 14.1. The minimum atomic E-state index is -0.893. The topological polar surface area (TPSA) is 115 Å². The van der Waals surface area contributed by atoms with Crippen LogP contribution in [0.15, 0.2) is 0 Å². The Balaban J connectivity index is 3.81. The highest BCUT2D eigenvalue weighted by molar-refractivity contribution is 4.53. The molecule has 0 aliphatic rings. The van der Waals surface area contributed by atoms with Crippen molar-refractivity contribution < 1.29 is 35.2 Å². The molecule has 0 radical (unpaired) electrons. The van der Waals surface area contributed by atoms with Crippen LogP contribution in [0.1, 0.15) is 13.8 Å². The summed E-state index contributed by atoms with van der Waals surface area (Å²) in [4.78, 5) is 8.68. The molecule has 9 heteroatoms.